The number of hydrogen-bond acceptors (Lipinski definition) is 11. The Bertz CT molecular complexity index is 1200. The predicted molar refractivity (Wildman–Crippen MR) is 226 cm³/mol. The Balaban J connectivity index is 4.57. The van der Waals surface area contributed by atoms with Gasteiger partial charge in [0, 0.05) is 19.3 Å². The number of phosphoric ester groups is 2. The Labute approximate surface area is 349 Å². The van der Waals surface area contributed by atoms with E-state index in [0.717, 1.165) is 76.5 Å². The van der Waals surface area contributed by atoms with E-state index in [1.165, 1.54) is 57.8 Å². The van der Waals surface area contributed by atoms with Gasteiger partial charge in [0.2, 0.25) is 0 Å². The summed E-state index contributed by atoms with van der Waals surface area (Å²) in [6.07, 6.45) is 28.7. The number of ketones is 1. The summed E-state index contributed by atoms with van der Waals surface area (Å²) in [7, 11) is -9.69. The van der Waals surface area contributed by atoms with Gasteiger partial charge in [0.25, 0.3) is 0 Å². The second kappa shape index (κ2) is 37.1. The number of carbonyl (C=O) groups is 3. The van der Waals surface area contributed by atoms with Gasteiger partial charge < -0.3 is 29.3 Å². The first-order chi connectivity index (χ1) is 27.6. The third-order valence-corrected chi connectivity index (χ3v) is 10.7. The van der Waals surface area contributed by atoms with Crippen molar-refractivity contribution in [3.63, 3.8) is 0 Å². The number of carbonyl (C=O) groups excluding carboxylic acids is 3. The lowest BCUT2D eigenvalue weighted by Crippen LogP contribution is -2.30. The largest absolute Gasteiger partial charge is 0.472 e. The van der Waals surface area contributed by atoms with Crippen molar-refractivity contribution >= 4 is 33.4 Å². The van der Waals surface area contributed by atoms with E-state index >= 15 is 0 Å². The highest BCUT2D eigenvalue weighted by atomic mass is 31.2. The van der Waals surface area contributed by atoms with Crippen LogP contribution >= 0.6 is 15.6 Å². The lowest BCUT2D eigenvalue weighted by Gasteiger charge is -2.20. The molecule has 0 aromatic rings. The molecule has 340 valence electrons. The molecule has 0 saturated carbocycles. The van der Waals surface area contributed by atoms with Gasteiger partial charge in [-0.1, -0.05) is 148 Å². The summed E-state index contributed by atoms with van der Waals surface area (Å²) in [5.41, 5.74) is 0. The Morgan fingerprint density at radius 3 is 1.66 bits per heavy atom. The van der Waals surface area contributed by atoms with E-state index in [4.69, 9.17) is 23.8 Å². The minimum Gasteiger partial charge on any atom is -0.462 e. The molecule has 4 N–H and O–H groups in total. The van der Waals surface area contributed by atoms with Gasteiger partial charge in [0.05, 0.1) is 19.8 Å². The standard InChI is InChI=1S/C42H78O14P2/c1-4-5-23-29-38(43)30-25-20-16-12-10-14-18-22-27-32-42(46)56-40(36-55-58(50,51)54-34-39(44)33-53-57(47,48)49)35-52-41(45)31-26-21-17-13-9-7-6-8-11-15-19-24-28-37(2)3/h16,20,25,30,37,39-40,44H,4-15,17-19,21-24,26-29,31-36H2,1-3H3,(H,50,51)(H2,47,48,49)/b20-16-,30-25+/t39-,40+/m0/s1. The normalized spacial score (nSPS) is 14.3. The molecule has 3 atom stereocenters. The lowest BCUT2D eigenvalue weighted by molar-refractivity contribution is -0.161. The van der Waals surface area contributed by atoms with Crippen LogP contribution in [0.1, 0.15) is 181 Å². The molecule has 0 radical (unpaired) electrons. The minimum atomic E-state index is -4.87. The number of unbranched alkanes of at least 4 members (excludes halogenated alkanes) is 18. The smallest absolute Gasteiger partial charge is 0.462 e. The molecule has 0 aliphatic heterocycles. The molecule has 0 aliphatic rings. The van der Waals surface area contributed by atoms with Crippen LogP contribution in [0, 0.1) is 5.92 Å². The third kappa shape index (κ3) is 41.0. The highest BCUT2D eigenvalue weighted by Crippen LogP contribution is 2.43. The molecule has 14 nitrogen and oxygen atoms in total. The molecular weight excluding hydrogens is 790 g/mol. The topological polar surface area (TPSA) is 212 Å². The van der Waals surface area contributed by atoms with Crippen molar-refractivity contribution < 1.29 is 66.3 Å². The lowest BCUT2D eigenvalue weighted by atomic mass is 10.0. The fraction of sp³-hybridized carbons (Fsp3) is 0.833. The molecule has 0 spiro atoms. The molecule has 58 heavy (non-hydrogen) atoms. The SMILES string of the molecule is CCCCCC(=O)/C=C/C=C\CCCCCCCC(=O)O[C@H](COC(=O)CCCCCCCCCCCCCCC(C)C)COP(=O)(O)OC[C@@H](O)COP(=O)(O)O. The van der Waals surface area contributed by atoms with E-state index in [2.05, 4.69) is 29.8 Å². The summed E-state index contributed by atoms with van der Waals surface area (Å²) in [6.45, 7) is 3.88. The average molecular weight is 869 g/mol. The molecule has 0 bridgehead atoms. The second-order valence-corrected chi connectivity index (χ2v) is 18.2. The van der Waals surface area contributed by atoms with Crippen LogP contribution in [0.5, 0.6) is 0 Å². The van der Waals surface area contributed by atoms with Gasteiger partial charge in [0.15, 0.2) is 11.9 Å². The summed E-state index contributed by atoms with van der Waals surface area (Å²) in [5, 5.41) is 9.74. The number of hydrogen-bond donors (Lipinski definition) is 4. The number of allylic oxidation sites excluding steroid dienone is 4. The van der Waals surface area contributed by atoms with Gasteiger partial charge in [-0.25, -0.2) is 9.13 Å². The highest BCUT2D eigenvalue weighted by molar-refractivity contribution is 7.47. The van der Waals surface area contributed by atoms with Gasteiger partial charge in [0.1, 0.15) is 12.7 Å². The predicted octanol–water partition coefficient (Wildman–Crippen LogP) is 10.2. The number of ether oxygens (including phenoxy) is 2. The highest BCUT2D eigenvalue weighted by Gasteiger charge is 2.28. The van der Waals surface area contributed by atoms with Crippen molar-refractivity contribution in [2.24, 2.45) is 5.92 Å². The van der Waals surface area contributed by atoms with Gasteiger partial charge in [-0.15, -0.1) is 0 Å². The Morgan fingerprint density at radius 1 is 0.586 bits per heavy atom. The van der Waals surface area contributed by atoms with Crippen molar-refractivity contribution in [3.05, 3.63) is 24.3 Å². The number of rotatable bonds is 41. The minimum absolute atomic E-state index is 0.0823. The molecule has 1 unspecified atom stereocenters. The average Bonchev–Trinajstić information content (AvgIpc) is 3.16. The molecule has 0 fully saturated rings. The molecule has 0 saturated heterocycles. The zero-order chi connectivity index (χ0) is 43.3. The fourth-order valence-corrected chi connectivity index (χ4v) is 7.02. The maximum absolute atomic E-state index is 12.6. The maximum atomic E-state index is 12.6. The monoisotopic (exact) mass is 868 g/mol. The summed E-state index contributed by atoms with van der Waals surface area (Å²) >= 11 is 0. The molecule has 0 aliphatic carbocycles. The first-order valence-corrected chi connectivity index (χ1v) is 24.9. The van der Waals surface area contributed by atoms with Crippen LogP contribution in [0.4, 0.5) is 0 Å². The first kappa shape index (κ1) is 56.3. The van der Waals surface area contributed by atoms with Gasteiger partial charge >= 0.3 is 27.6 Å². The molecule has 16 heteroatoms. The maximum Gasteiger partial charge on any atom is 0.472 e. The van der Waals surface area contributed by atoms with Gasteiger partial charge in [-0.2, -0.15) is 0 Å². The van der Waals surface area contributed by atoms with Crippen molar-refractivity contribution in [1.29, 1.82) is 0 Å². The van der Waals surface area contributed by atoms with Crippen LogP contribution in [-0.4, -0.2) is 76.1 Å². The van der Waals surface area contributed by atoms with Crippen molar-refractivity contribution in [3.8, 4) is 0 Å². The van der Waals surface area contributed by atoms with Crippen molar-refractivity contribution in [2.45, 2.75) is 193 Å². The quantitative estimate of drug-likeness (QED) is 0.0148. The van der Waals surface area contributed by atoms with Gasteiger partial charge in [-0.3, -0.25) is 28.0 Å². The van der Waals surface area contributed by atoms with Crippen LogP contribution in [0.2, 0.25) is 0 Å². The summed E-state index contributed by atoms with van der Waals surface area (Å²) in [6, 6.07) is 0. The van der Waals surface area contributed by atoms with Gasteiger partial charge in [-0.05, 0) is 44.1 Å². The Kier molecular flexibility index (Phi) is 36.0. The van der Waals surface area contributed by atoms with E-state index in [9.17, 15) is 33.5 Å². The first-order valence-electron chi connectivity index (χ1n) is 21.8. The van der Waals surface area contributed by atoms with Crippen LogP contribution in [-0.2, 0) is 46.6 Å². The Morgan fingerprint density at radius 2 is 1.09 bits per heavy atom. The summed E-state index contributed by atoms with van der Waals surface area (Å²) < 4.78 is 47.7. The molecule has 0 amide bonds. The second-order valence-electron chi connectivity index (χ2n) is 15.5. The number of aliphatic hydroxyl groups excluding tert-OH is 1. The zero-order valence-corrected chi connectivity index (χ0v) is 37.6. The number of aliphatic hydroxyl groups is 1. The molecule has 0 aromatic carbocycles. The Hall–Kier alpha value is -1.73. The van der Waals surface area contributed by atoms with E-state index in [-0.39, 0.29) is 18.6 Å². The molecule has 0 aromatic heterocycles. The third-order valence-electron chi connectivity index (χ3n) is 9.24. The van der Waals surface area contributed by atoms with E-state index in [1.54, 1.807) is 12.2 Å². The van der Waals surface area contributed by atoms with Crippen LogP contribution in [0.25, 0.3) is 0 Å². The summed E-state index contributed by atoms with van der Waals surface area (Å²) in [5.74, 6) is -0.151. The van der Waals surface area contributed by atoms with Crippen molar-refractivity contribution in [2.75, 3.05) is 26.4 Å². The van der Waals surface area contributed by atoms with Crippen LogP contribution < -0.4 is 0 Å². The van der Waals surface area contributed by atoms with Crippen LogP contribution in [0.15, 0.2) is 24.3 Å². The van der Waals surface area contributed by atoms with Crippen molar-refractivity contribution in [1.82, 2.24) is 0 Å². The zero-order valence-electron chi connectivity index (χ0n) is 35.8. The summed E-state index contributed by atoms with van der Waals surface area (Å²) in [4.78, 5) is 64.4. The molecule has 0 heterocycles. The number of esters is 2. The molecular formula is C42H78O14P2. The molecule has 0 rings (SSSR count). The van der Waals surface area contributed by atoms with E-state index < -0.39 is 66.2 Å². The van der Waals surface area contributed by atoms with Crippen LogP contribution in [0.3, 0.4) is 0 Å². The van der Waals surface area contributed by atoms with E-state index in [0.29, 0.717) is 19.3 Å². The number of phosphoric acid groups is 2. The van der Waals surface area contributed by atoms with E-state index in [1.807, 2.05) is 12.2 Å². The fourth-order valence-electron chi connectivity index (χ4n) is 5.87.